The van der Waals surface area contributed by atoms with Crippen LogP contribution in [0.25, 0.3) is 0 Å². The molecule has 0 aromatic carbocycles. The number of carbonyl (C=O) groups excluding carboxylic acids is 2. The molecule has 0 aromatic heterocycles. The molecule has 84 valence electrons. The molecule has 0 aromatic rings. The number of aldehydes is 1. The van der Waals surface area contributed by atoms with Crippen LogP contribution in [0.4, 0.5) is 0 Å². The van der Waals surface area contributed by atoms with Gasteiger partial charge in [-0.25, -0.2) is 4.79 Å². The minimum absolute atomic E-state index is 0.493. The molecule has 1 aliphatic heterocycles. The smallest absolute Gasteiger partial charge is 0.330 e. The van der Waals surface area contributed by atoms with Crippen LogP contribution in [-0.2, 0) is 23.8 Å². The van der Waals surface area contributed by atoms with Crippen LogP contribution in [0, 0.1) is 0 Å². The largest absolute Gasteiger partial charge is 0.466 e. The second-order valence-electron chi connectivity index (χ2n) is 3.58. The van der Waals surface area contributed by atoms with Crippen molar-refractivity contribution in [3.63, 3.8) is 0 Å². The van der Waals surface area contributed by atoms with Crippen molar-refractivity contribution in [1.29, 1.82) is 0 Å². The summed E-state index contributed by atoms with van der Waals surface area (Å²) in [5.74, 6) is -1.30. The van der Waals surface area contributed by atoms with Gasteiger partial charge in [0.25, 0.3) is 0 Å². The number of ether oxygens (including phenoxy) is 3. The van der Waals surface area contributed by atoms with E-state index in [-0.39, 0.29) is 0 Å². The summed E-state index contributed by atoms with van der Waals surface area (Å²) >= 11 is 0. The standard InChI is InChI=1S/C10H14O5/c1-10(2)14-7(8(6-11)15-10)4-5-9(12)13-3/h4-8H,1-3H3/b5-4-/t7-,8+/m1/s1. The minimum atomic E-state index is -0.809. The van der Waals surface area contributed by atoms with Gasteiger partial charge < -0.3 is 19.0 Å². The van der Waals surface area contributed by atoms with Gasteiger partial charge in [0, 0.05) is 6.08 Å². The Bertz CT molecular complexity index is 282. The second kappa shape index (κ2) is 4.55. The number of hydrogen-bond donors (Lipinski definition) is 0. The Kier molecular flexibility index (Phi) is 3.60. The molecule has 1 fully saturated rings. The number of methoxy groups -OCH3 is 1. The average Bonchev–Trinajstić information content (AvgIpc) is 2.49. The highest BCUT2D eigenvalue weighted by Crippen LogP contribution is 2.27. The summed E-state index contributed by atoms with van der Waals surface area (Å²) < 4.78 is 15.1. The Balaban J connectivity index is 2.65. The van der Waals surface area contributed by atoms with E-state index in [2.05, 4.69) is 4.74 Å². The maximum atomic E-state index is 10.8. The van der Waals surface area contributed by atoms with E-state index in [1.54, 1.807) is 13.8 Å². The van der Waals surface area contributed by atoms with Crippen molar-refractivity contribution in [2.45, 2.75) is 31.8 Å². The second-order valence-corrected chi connectivity index (χ2v) is 3.58. The summed E-state index contributed by atoms with van der Waals surface area (Å²) in [6.45, 7) is 3.41. The summed E-state index contributed by atoms with van der Waals surface area (Å²) in [4.78, 5) is 21.5. The van der Waals surface area contributed by atoms with Crippen LogP contribution < -0.4 is 0 Å². The molecule has 0 bridgehead atoms. The topological polar surface area (TPSA) is 61.8 Å². The van der Waals surface area contributed by atoms with Gasteiger partial charge in [0.1, 0.15) is 12.2 Å². The summed E-state index contributed by atoms with van der Waals surface area (Å²) in [7, 11) is 1.28. The van der Waals surface area contributed by atoms with E-state index < -0.39 is 24.0 Å². The monoisotopic (exact) mass is 214 g/mol. The number of hydrogen-bond acceptors (Lipinski definition) is 5. The Morgan fingerprint density at radius 1 is 1.33 bits per heavy atom. The molecular weight excluding hydrogens is 200 g/mol. The molecule has 1 rings (SSSR count). The van der Waals surface area contributed by atoms with Gasteiger partial charge in [0.15, 0.2) is 12.1 Å². The number of carbonyl (C=O) groups is 2. The van der Waals surface area contributed by atoms with Crippen LogP contribution in [0.5, 0.6) is 0 Å². The van der Waals surface area contributed by atoms with Crippen LogP contribution in [0.1, 0.15) is 13.8 Å². The first-order valence-corrected chi connectivity index (χ1v) is 4.55. The van der Waals surface area contributed by atoms with Gasteiger partial charge >= 0.3 is 5.97 Å². The summed E-state index contributed by atoms with van der Waals surface area (Å²) in [6.07, 6.45) is 2.10. The van der Waals surface area contributed by atoms with E-state index in [9.17, 15) is 9.59 Å². The SMILES string of the molecule is COC(=O)/C=C\[C@H]1OC(C)(C)O[C@H]1C=O. The van der Waals surface area contributed by atoms with Crippen LogP contribution in [0.3, 0.4) is 0 Å². The maximum absolute atomic E-state index is 10.8. The maximum Gasteiger partial charge on any atom is 0.330 e. The first kappa shape index (κ1) is 11.9. The third-order valence-corrected chi connectivity index (χ3v) is 1.92. The molecule has 0 saturated carbocycles. The summed E-state index contributed by atoms with van der Waals surface area (Å²) in [5.41, 5.74) is 0. The first-order chi connectivity index (χ1) is 6.98. The molecule has 5 heteroatoms. The van der Waals surface area contributed by atoms with Gasteiger partial charge in [-0.15, -0.1) is 0 Å². The van der Waals surface area contributed by atoms with E-state index in [0.29, 0.717) is 6.29 Å². The van der Waals surface area contributed by atoms with Crippen LogP contribution in [0.15, 0.2) is 12.2 Å². The average molecular weight is 214 g/mol. The van der Waals surface area contributed by atoms with Crippen molar-refractivity contribution in [2.75, 3.05) is 7.11 Å². The van der Waals surface area contributed by atoms with Crippen LogP contribution in [0.2, 0.25) is 0 Å². The molecule has 2 atom stereocenters. The predicted octanol–water partition coefficient (Wildman–Crippen LogP) is 0.435. The van der Waals surface area contributed by atoms with Crippen molar-refractivity contribution in [3.05, 3.63) is 12.2 Å². The third kappa shape index (κ3) is 3.14. The van der Waals surface area contributed by atoms with Crippen LogP contribution in [-0.4, -0.2) is 37.4 Å². The number of rotatable bonds is 3. The Labute approximate surface area is 88.0 Å². The van der Waals surface area contributed by atoms with Crippen molar-refractivity contribution in [1.82, 2.24) is 0 Å². The fourth-order valence-electron chi connectivity index (χ4n) is 1.31. The molecule has 0 aliphatic carbocycles. The zero-order valence-electron chi connectivity index (χ0n) is 8.93. The van der Waals surface area contributed by atoms with E-state index in [0.717, 1.165) is 0 Å². The molecule has 0 spiro atoms. The molecule has 1 saturated heterocycles. The molecule has 0 amide bonds. The molecule has 0 unspecified atom stereocenters. The highest BCUT2D eigenvalue weighted by Gasteiger charge is 2.39. The molecule has 0 radical (unpaired) electrons. The van der Waals surface area contributed by atoms with Crippen molar-refractivity contribution >= 4 is 12.3 Å². The molecule has 15 heavy (non-hydrogen) atoms. The van der Waals surface area contributed by atoms with E-state index >= 15 is 0 Å². The molecule has 5 nitrogen and oxygen atoms in total. The van der Waals surface area contributed by atoms with Gasteiger partial charge in [-0.2, -0.15) is 0 Å². The van der Waals surface area contributed by atoms with Gasteiger partial charge in [-0.1, -0.05) is 0 Å². The molecular formula is C10H14O5. The third-order valence-electron chi connectivity index (χ3n) is 1.92. The van der Waals surface area contributed by atoms with Gasteiger partial charge in [-0.05, 0) is 19.9 Å². The van der Waals surface area contributed by atoms with Crippen LogP contribution >= 0.6 is 0 Å². The Morgan fingerprint density at radius 2 is 1.93 bits per heavy atom. The van der Waals surface area contributed by atoms with Crippen molar-refractivity contribution < 1.29 is 23.8 Å². The van der Waals surface area contributed by atoms with Gasteiger partial charge in [0.2, 0.25) is 0 Å². The lowest BCUT2D eigenvalue weighted by molar-refractivity contribution is -0.148. The predicted molar refractivity (Wildman–Crippen MR) is 51.0 cm³/mol. The Morgan fingerprint density at radius 3 is 2.47 bits per heavy atom. The van der Waals surface area contributed by atoms with E-state index in [4.69, 9.17) is 9.47 Å². The minimum Gasteiger partial charge on any atom is -0.466 e. The van der Waals surface area contributed by atoms with Gasteiger partial charge in [0.05, 0.1) is 7.11 Å². The molecule has 1 aliphatic rings. The normalized spacial score (nSPS) is 29.3. The van der Waals surface area contributed by atoms with E-state index in [1.165, 1.54) is 19.3 Å². The number of esters is 1. The zero-order valence-corrected chi connectivity index (χ0v) is 8.93. The highest BCUT2D eigenvalue weighted by molar-refractivity contribution is 5.82. The van der Waals surface area contributed by atoms with Crippen molar-refractivity contribution in [3.8, 4) is 0 Å². The van der Waals surface area contributed by atoms with Gasteiger partial charge in [-0.3, -0.25) is 0 Å². The first-order valence-electron chi connectivity index (χ1n) is 4.55. The summed E-state index contributed by atoms with van der Waals surface area (Å²) in [6, 6.07) is 0. The fraction of sp³-hybridized carbons (Fsp3) is 0.600. The Hall–Kier alpha value is -1.20. The lowest BCUT2D eigenvalue weighted by atomic mass is 10.2. The molecule has 0 N–H and O–H groups in total. The quantitative estimate of drug-likeness (QED) is 0.387. The van der Waals surface area contributed by atoms with E-state index in [1.807, 2.05) is 0 Å². The fourth-order valence-corrected chi connectivity index (χ4v) is 1.31. The highest BCUT2D eigenvalue weighted by atomic mass is 16.8. The summed E-state index contributed by atoms with van der Waals surface area (Å²) in [5, 5.41) is 0. The molecule has 1 heterocycles. The van der Waals surface area contributed by atoms with Crippen molar-refractivity contribution in [2.24, 2.45) is 0 Å². The zero-order chi connectivity index (χ0) is 11.5. The lowest BCUT2D eigenvalue weighted by Gasteiger charge is -2.15. The lowest BCUT2D eigenvalue weighted by Crippen LogP contribution is -2.22.